The highest BCUT2D eigenvalue weighted by Gasteiger charge is 2.35. The molecular weight excluding hydrogens is 314 g/mol. The largest absolute Gasteiger partial charge is 0.380 e. The zero-order valence-corrected chi connectivity index (χ0v) is 13.9. The summed E-state index contributed by atoms with van der Waals surface area (Å²) in [7, 11) is 0. The number of aromatic nitrogens is 3. The zero-order chi connectivity index (χ0) is 17.2. The molecule has 1 aliphatic rings. The third-order valence-electron chi connectivity index (χ3n) is 4.66. The van der Waals surface area contributed by atoms with Gasteiger partial charge in [0.25, 0.3) is 0 Å². The first kappa shape index (κ1) is 17.2. The Labute approximate surface area is 140 Å². The first-order chi connectivity index (χ1) is 11.5. The molecule has 1 atom stereocenters. The van der Waals surface area contributed by atoms with Crippen LogP contribution in [0.15, 0.2) is 18.5 Å². The van der Waals surface area contributed by atoms with Crippen LogP contribution in [0.1, 0.15) is 49.9 Å². The van der Waals surface area contributed by atoms with E-state index in [4.69, 9.17) is 10.5 Å². The molecule has 24 heavy (non-hydrogen) atoms. The summed E-state index contributed by atoms with van der Waals surface area (Å²) >= 11 is 0. The molecule has 1 unspecified atom stereocenters. The lowest BCUT2D eigenvalue weighted by Gasteiger charge is -2.27. The maximum Gasteiger partial charge on any atom is 0.248 e. The van der Waals surface area contributed by atoms with Crippen molar-refractivity contribution in [2.24, 2.45) is 11.7 Å². The van der Waals surface area contributed by atoms with E-state index in [0.717, 1.165) is 23.3 Å². The molecule has 0 aromatic carbocycles. The minimum atomic E-state index is -2.48. The molecule has 2 N–H and O–H groups in total. The molecule has 2 aromatic rings. The van der Waals surface area contributed by atoms with Crippen LogP contribution in [0.2, 0.25) is 0 Å². The van der Waals surface area contributed by atoms with Gasteiger partial charge >= 0.3 is 0 Å². The van der Waals surface area contributed by atoms with E-state index in [9.17, 15) is 8.78 Å². The van der Waals surface area contributed by atoms with Crippen molar-refractivity contribution in [2.75, 3.05) is 13.2 Å². The Hall–Kier alpha value is -1.60. The fourth-order valence-electron chi connectivity index (χ4n) is 3.18. The zero-order valence-electron chi connectivity index (χ0n) is 13.9. The molecule has 7 heteroatoms. The van der Waals surface area contributed by atoms with Crippen LogP contribution in [0.3, 0.4) is 0 Å². The lowest BCUT2D eigenvalue weighted by Crippen LogP contribution is -2.25. The summed E-state index contributed by atoms with van der Waals surface area (Å²) in [5, 5.41) is 4.35. The molecule has 2 heterocycles. The number of nitrogens with zero attached hydrogens (tertiary/aromatic N) is 3. The molecule has 1 aliphatic carbocycles. The van der Waals surface area contributed by atoms with Gasteiger partial charge in [0.15, 0.2) is 5.65 Å². The Bertz CT molecular complexity index is 678. The second-order valence-electron chi connectivity index (χ2n) is 6.59. The van der Waals surface area contributed by atoms with Gasteiger partial charge in [-0.15, -0.1) is 0 Å². The summed E-state index contributed by atoms with van der Waals surface area (Å²) in [5.41, 5.74) is 8.59. The van der Waals surface area contributed by atoms with Gasteiger partial charge in [0.2, 0.25) is 5.92 Å². The van der Waals surface area contributed by atoms with E-state index in [0.29, 0.717) is 26.1 Å². The van der Waals surface area contributed by atoms with E-state index < -0.39 is 5.92 Å². The number of hydrogen-bond acceptors (Lipinski definition) is 4. The maximum absolute atomic E-state index is 13.2. The molecule has 2 aromatic heterocycles. The fraction of sp³-hybridized carbons (Fsp3) is 0.647. The van der Waals surface area contributed by atoms with E-state index in [2.05, 4.69) is 10.1 Å². The number of fused-ring (bicyclic) bond motifs is 1. The highest BCUT2D eigenvalue weighted by Crippen LogP contribution is 2.37. The van der Waals surface area contributed by atoms with E-state index in [-0.39, 0.29) is 24.8 Å². The lowest BCUT2D eigenvalue weighted by molar-refractivity contribution is -0.0457. The van der Waals surface area contributed by atoms with Crippen molar-refractivity contribution in [2.45, 2.75) is 51.0 Å². The van der Waals surface area contributed by atoms with Crippen molar-refractivity contribution in [1.29, 1.82) is 0 Å². The Morgan fingerprint density at radius 3 is 2.88 bits per heavy atom. The Morgan fingerprint density at radius 1 is 1.42 bits per heavy atom. The van der Waals surface area contributed by atoms with Gasteiger partial charge in [0.05, 0.1) is 30.7 Å². The van der Waals surface area contributed by atoms with Crippen LogP contribution in [0.4, 0.5) is 8.78 Å². The van der Waals surface area contributed by atoms with Crippen LogP contribution in [0.5, 0.6) is 0 Å². The second kappa shape index (κ2) is 7.11. The molecule has 0 saturated heterocycles. The summed E-state index contributed by atoms with van der Waals surface area (Å²) in [6.07, 6.45) is 5.40. The number of alkyl halides is 2. The summed E-state index contributed by atoms with van der Waals surface area (Å²) in [6, 6.07) is 1.68. The molecule has 0 spiro atoms. The van der Waals surface area contributed by atoms with Gasteiger partial charge in [-0.3, -0.25) is 0 Å². The lowest BCUT2D eigenvalue weighted by atomic mass is 9.84. The highest BCUT2D eigenvalue weighted by atomic mass is 19.3. The summed E-state index contributed by atoms with van der Waals surface area (Å²) in [5.74, 6) is -2.21. The maximum atomic E-state index is 13.2. The van der Waals surface area contributed by atoms with Crippen LogP contribution in [0, 0.1) is 5.92 Å². The Morgan fingerprint density at radius 2 is 2.17 bits per heavy atom. The predicted octanol–water partition coefficient (Wildman–Crippen LogP) is 3.13. The molecule has 0 amide bonds. The number of halogens is 2. The van der Waals surface area contributed by atoms with Crippen molar-refractivity contribution >= 4 is 5.65 Å². The SMILES string of the molecule is CCOCC(N)c1cnn2cc(CC3CCC(F)(F)CC3)nc2c1. The van der Waals surface area contributed by atoms with Gasteiger partial charge in [-0.25, -0.2) is 18.3 Å². The van der Waals surface area contributed by atoms with Crippen molar-refractivity contribution in [3.63, 3.8) is 0 Å². The fourth-order valence-corrected chi connectivity index (χ4v) is 3.18. The summed E-state index contributed by atoms with van der Waals surface area (Å²) in [6.45, 7) is 2.99. The molecule has 1 fully saturated rings. The van der Waals surface area contributed by atoms with E-state index in [1.165, 1.54) is 0 Å². The standard InChI is InChI=1S/C17H24F2N4O/c1-2-24-11-15(20)13-8-16-22-14(10-23(16)21-9-13)7-12-3-5-17(18,19)6-4-12/h8-10,12,15H,2-7,11,20H2,1H3. The van der Waals surface area contributed by atoms with E-state index in [1.807, 2.05) is 19.2 Å². The van der Waals surface area contributed by atoms with Crippen LogP contribution in [0.25, 0.3) is 5.65 Å². The average Bonchev–Trinajstić information content (AvgIpc) is 2.96. The first-order valence-corrected chi connectivity index (χ1v) is 8.52. The molecule has 0 bridgehead atoms. The van der Waals surface area contributed by atoms with Crippen LogP contribution < -0.4 is 5.73 Å². The summed E-state index contributed by atoms with van der Waals surface area (Å²) < 4.78 is 33.5. The minimum Gasteiger partial charge on any atom is -0.380 e. The molecule has 0 aliphatic heterocycles. The third-order valence-corrected chi connectivity index (χ3v) is 4.66. The van der Waals surface area contributed by atoms with Gasteiger partial charge in [-0.2, -0.15) is 5.10 Å². The monoisotopic (exact) mass is 338 g/mol. The molecule has 3 rings (SSSR count). The minimum absolute atomic E-state index is 0.0142. The van der Waals surface area contributed by atoms with E-state index >= 15 is 0 Å². The van der Waals surface area contributed by atoms with E-state index in [1.54, 1.807) is 10.7 Å². The van der Waals surface area contributed by atoms with Crippen molar-refractivity contribution in [3.8, 4) is 0 Å². The molecular formula is C17H24F2N4O. The van der Waals surface area contributed by atoms with Gasteiger partial charge in [0.1, 0.15) is 0 Å². The topological polar surface area (TPSA) is 65.4 Å². The van der Waals surface area contributed by atoms with Crippen LogP contribution >= 0.6 is 0 Å². The molecule has 132 valence electrons. The Kier molecular flexibility index (Phi) is 5.10. The number of ether oxygens (including phenoxy) is 1. The Balaban J connectivity index is 1.67. The van der Waals surface area contributed by atoms with Gasteiger partial charge in [-0.05, 0) is 43.7 Å². The first-order valence-electron chi connectivity index (χ1n) is 8.52. The van der Waals surface area contributed by atoms with Crippen molar-refractivity contribution < 1.29 is 13.5 Å². The van der Waals surface area contributed by atoms with Gasteiger partial charge < -0.3 is 10.5 Å². The number of imidazole rings is 1. The average molecular weight is 338 g/mol. The normalized spacial score (nSPS) is 19.7. The number of nitrogens with two attached hydrogens (primary N) is 1. The van der Waals surface area contributed by atoms with Crippen LogP contribution in [-0.4, -0.2) is 33.7 Å². The van der Waals surface area contributed by atoms with Gasteiger partial charge in [0, 0.05) is 19.4 Å². The predicted molar refractivity (Wildman–Crippen MR) is 87.0 cm³/mol. The smallest absolute Gasteiger partial charge is 0.248 e. The second-order valence-corrected chi connectivity index (χ2v) is 6.59. The van der Waals surface area contributed by atoms with Crippen molar-refractivity contribution in [1.82, 2.24) is 14.6 Å². The third kappa shape index (κ3) is 4.08. The van der Waals surface area contributed by atoms with Gasteiger partial charge in [-0.1, -0.05) is 0 Å². The molecule has 0 radical (unpaired) electrons. The number of rotatable bonds is 6. The van der Waals surface area contributed by atoms with Crippen molar-refractivity contribution in [3.05, 3.63) is 29.7 Å². The summed E-state index contributed by atoms with van der Waals surface area (Å²) in [4.78, 5) is 4.58. The molecule has 1 saturated carbocycles. The quantitative estimate of drug-likeness (QED) is 0.879. The highest BCUT2D eigenvalue weighted by molar-refractivity contribution is 5.41. The number of hydrogen-bond donors (Lipinski definition) is 1. The molecule has 5 nitrogen and oxygen atoms in total. The van der Waals surface area contributed by atoms with Crippen LogP contribution in [-0.2, 0) is 11.2 Å².